The summed E-state index contributed by atoms with van der Waals surface area (Å²) in [6.45, 7) is 2.78. The molecule has 0 aromatic heterocycles. The number of halogens is 2. The van der Waals surface area contributed by atoms with Crippen LogP contribution < -0.4 is 9.62 Å². The summed E-state index contributed by atoms with van der Waals surface area (Å²) in [6, 6.07) is 18.7. The SMILES string of the molecule is CNC(=O)[C@@H](C)N(Cc1ccccc1Cl)C(=O)CN(c1ccc(Cl)cc1C)S(=O)(=O)c1ccccc1. The second-order valence-electron chi connectivity index (χ2n) is 8.16. The smallest absolute Gasteiger partial charge is 0.264 e. The summed E-state index contributed by atoms with van der Waals surface area (Å²) in [6.07, 6.45) is 0. The highest BCUT2D eigenvalue weighted by Crippen LogP contribution is 2.29. The molecular formula is C26H27Cl2N3O4S. The van der Waals surface area contributed by atoms with Crippen molar-refractivity contribution >= 4 is 50.7 Å². The van der Waals surface area contributed by atoms with Crippen LogP contribution in [-0.2, 0) is 26.2 Å². The fraction of sp³-hybridized carbons (Fsp3) is 0.231. The van der Waals surface area contributed by atoms with E-state index in [-0.39, 0.29) is 11.4 Å². The number of benzene rings is 3. The van der Waals surface area contributed by atoms with Crippen LogP contribution in [0, 0.1) is 6.92 Å². The van der Waals surface area contributed by atoms with Crippen molar-refractivity contribution < 1.29 is 18.0 Å². The van der Waals surface area contributed by atoms with Gasteiger partial charge in [0.2, 0.25) is 11.8 Å². The van der Waals surface area contributed by atoms with Gasteiger partial charge in [0.25, 0.3) is 10.0 Å². The standard InChI is InChI=1S/C26H27Cl2N3O4S/c1-18-15-21(27)13-14-24(18)31(36(34,35)22-10-5-4-6-11-22)17-25(32)30(19(2)26(33)29-3)16-20-9-7-8-12-23(20)28/h4-15,19H,16-17H2,1-3H3,(H,29,33)/t19-/m1/s1. The van der Waals surface area contributed by atoms with Gasteiger partial charge in [-0.2, -0.15) is 0 Å². The van der Waals surface area contributed by atoms with E-state index in [1.165, 1.54) is 24.1 Å². The lowest BCUT2D eigenvalue weighted by Crippen LogP contribution is -2.50. The maximum Gasteiger partial charge on any atom is 0.264 e. The van der Waals surface area contributed by atoms with Crippen LogP contribution in [0.5, 0.6) is 0 Å². The van der Waals surface area contributed by atoms with Gasteiger partial charge in [-0.25, -0.2) is 8.42 Å². The Balaban J connectivity index is 2.07. The molecule has 0 unspecified atom stereocenters. The number of sulfonamides is 1. The Hall–Kier alpha value is -3.07. The highest BCUT2D eigenvalue weighted by Gasteiger charge is 2.33. The number of anilines is 1. The van der Waals surface area contributed by atoms with E-state index in [1.54, 1.807) is 74.5 Å². The minimum atomic E-state index is -4.13. The Morgan fingerprint density at radius 1 is 0.972 bits per heavy atom. The summed E-state index contributed by atoms with van der Waals surface area (Å²) in [4.78, 5) is 27.6. The molecule has 0 fully saturated rings. The first-order valence-corrected chi connectivity index (χ1v) is 13.3. The van der Waals surface area contributed by atoms with Gasteiger partial charge in [-0.3, -0.25) is 13.9 Å². The van der Waals surface area contributed by atoms with E-state index in [1.807, 2.05) is 0 Å². The van der Waals surface area contributed by atoms with Crippen molar-refractivity contribution in [1.29, 1.82) is 0 Å². The first-order valence-electron chi connectivity index (χ1n) is 11.1. The summed E-state index contributed by atoms with van der Waals surface area (Å²) in [5.74, 6) is -0.963. The third kappa shape index (κ3) is 6.19. The molecule has 2 amide bonds. The number of hydrogen-bond donors (Lipinski definition) is 1. The molecule has 10 heteroatoms. The van der Waals surface area contributed by atoms with Crippen LogP contribution >= 0.6 is 23.2 Å². The third-order valence-corrected chi connectivity index (χ3v) is 8.13. The molecule has 0 heterocycles. The molecule has 0 aliphatic heterocycles. The van der Waals surface area contributed by atoms with Crippen LogP contribution in [0.25, 0.3) is 0 Å². The van der Waals surface area contributed by atoms with E-state index in [2.05, 4.69) is 5.32 Å². The van der Waals surface area contributed by atoms with Crippen molar-refractivity contribution in [2.75, 3.05) is 17.9 Å². The van der Waals surface area contributed by atoms with Gasteiger partial charge in [0.15, 0.2) is 0 Å². The van der Waals surface area contributed by atoms with Crippen LogP contribution in [0.4, 0.5) is 5.69 Å². The first kappa shape index (κ1) is 27.5. The molecular weight excluding hydrogens is 521 g/mol. The van der Waals surface area contributed by atoms with Gasteiger partial charge in [0.1, 0.15) is 12.6 Å². The van der Waals surface area contributed by atoms with Crippen LogP contribution in [-0.4, -0.2) is 44.8 Å². The first-order chi connectivity index (χ1) is 17.1. The van der Waals surface area contributed by atoms with Crippen molar-refractivity contribution in [2.24, 2.45) is 0 Å². The highest BCUT2D eigenvalue weighted by atomic mass is 35.5. The fourth-order valence-electron chi connectivity index (χ4n) is 3.73. The number of carbonyl (C=O) groups is 2. The van der Waals surface area contributed by atoms with Crippen molar-refractivity contribution in [3.8, 4) is 0 Å². The van der Waals surface area contributed by atoms with E-state index in [9.17, 15) is 18.0 Å². The molecule has 3 aromatic rings. The lowest BCUT2D eigenvalue weighted by molar-refractivity contribution is -0.139. The van der Waals surface area contributed by atoms with Gasteiger partial charge in [0.05, 0.1) is 10.6 Å². The Bertz CT molecular complexity index is 1350. The molecule has 0 aliphatic carbocycles. The summed E-state index contributed by atoms with van der Waals surface area (Å²) >= 11 is 12.4. The number of nitrogens with zero attached hydrogens (tertiary/aromatic N) is 2. The molecule has 190 valence electrons. The van der Waals surface area contributed by atoms with E-state index in [0.29, 0.717) is 26.9 Å². The zero-order valence-electron chi connectivity index (χ0n) is 20.1. The van der Waals surface area contributed by atoms with Crippen LogP contribution in [0.1, 0.15) is 18.1 Å². The Morgan fingerprint density at radius 3 is 2.22 bits per heavy atom. The molecule has 0 spiro atoms. The Labute approximate surface area is 221 Å². The Kier molecular flexibility index (Phi) is 9.00. The van der Waals surface area contributed by atoms with Gasteiger partial charge >= 0.3 is 0 Å². The highest BCUT2D eigenvalue weighted by molar-refractivity contribution is 7.92. The number of aryl methyl sites for hydroxylation is 1. The van der Waals surface area contributed by atoms with Gasteiger partial charge in [0, 0.05) is 23.6 Å². The number of rotatable bonds is 9. The van der Waals surface area contributed by atoms with Crippen LogP contribution in [0.3, 0.4) is 0 Å². The largest absolute Gasteiger partial charge is 0.357 e. The zero-order chi connectivity index (χ0) is 26.5. The summed E-state index contributed by atoms with van der Waals surface area (Å²) in [5, 5.41) is 3.41. The van der Waals surface area contributed by atoms with E-state index >= 15 is 0 Å². The molecule has 7 nitrogen and oxygen atoms in total. The Morgan fingerprint density at radius 2 is 1.61 bits per heavy atom. The molecule has 1 atom stereocenters. The number of hydrogen-bond acceptors (Lipinski definition) is 4. The van der Waals surface area contributed by atoms with Crippen LogP contribution in [0.15, 0.2) is 77.7 Å². The van der Waals surface area contributed by atoms with Crippen molar-refractivity contribution in [2.45, 2.75) is 31.3 Å². The van der Waals surface area contributed by atoms with E-state index in [4.69, 9.17) is 23.2 Å². The van der Waals surface area contributed by atoms with Crippen molar-refractivity contribution in [3.63, 3.8) is 0 Å². The van der Waals surface area contributed by atoms with Crippen molar-refractivity contribution in [3.05, 3.63) is 94.0 Å². The minimum Gasteiger partial charge on any atom is -0.357 e. The predicted molar refractivity (Wildman–Crippen MR) is 143 cm³/mol. The second-order valence-corrected chi connectivity index (χ2v) is 10.9. The molecule has 0 saturated carbocycles. The molecule has 0 saturated heterocycles. The minimum absolute atomic E-state index is 0.0198. The zero-order valence-corrected chi connectivity index (χ0v) is 22.4. The van der Waals surface area contributed by atoms with Gasteiger partial charge in [-0.15, -0.1) is 0 Å². The van der Waals surface area contributed by atoms with Gasteiger partial charge in [-0.05, 0) is 61.4 Å². The lowest BCUT2D eigenvalue weighted by atomic mass is 10.1. The fourth-order valence-corrected chi connectivity index (χ4v) is 5.66. The van der Waals surface area contributed by atoms with Crippen LogP contribution in [0.2, 0.25) is 10.0 Å². The predicted octanol–water partition coefficient (Wildman–Crippen LogP) is 4.66. The molecule has 0 bridgehead atoms. The summed E-state index contributed by atoms with van der Waals surface area (Å²) < 4.78 is 28.5. The number of carbonyl (C=O) groups excluding carboxylic acids is 2. The summed E-state index contributed by atoms with van der Waals surface area (Å²) in [5.41, 5.74) is 1.51. The summed E-state index contributed by atoms with van der Waals surface area (Å²) in [7, 11) is -2.66. The average Bonchev–Trinajstić information content (AvgIpc) is 2.86. The molecule has 36 heavy (non-hydrogen) atoms. The molecule has 1 N–H and O–H groups in total. The number of nitrogens with one attached hydrogen (secondary N) is 1. The maximum atomic E-state index is 13.7. The molecule has 0 radical (unpaired) electrons. The average molecular weight is 548 g/mol. The van der Waals surface area contributed by atoms with Crippen molar-refractivity contribution in [1.82, 2.24) is 10.2 Å². The van der Waals surface area contributed by atoms with E-state index in [0.717, 1.165) is 4.31 Å². The molecule has 0 aliphatic rings. The third-order valence-electron chi connectivity index (χ3n) is 5.75. The quantitative estimate of drug-likeness (QED) is 0.422. The van der Waals surface area contributed by atoms with E-state index < -0.39 is 34.4 Å². The molecule has 3 aromatic carbocycles. The van der Waals surface area contributed by atoms with Gasteiger partial charge in [-0.1, -0.05) is 59.6 Å². The second kappa shape index (κ2) is 11.8. The lowest BCUT2D eigenvalue weighted by Gasteiger charge is -2.32. The normalized spacial score (nSPS) is 12.0. The van der Waals surface area contributed by atoms with Gasteiger partial charge < -0.3 is 10.2 Å². The molecule has 3 rings (SSSR count). The number of likely N-dealkylation sites (N-methyl/N-ethyl adjacent to an activating group) is 1. The number of amides is 2. The monoisotopic (exact) mass is 547 g/mol. The topological polar surface area (TPSA) is 86.8 Å². The maximum absolute atomic E-state index is 13.7.